The fourth-order valence-corrected chi connectivity index (χ4v) is 2.47. The van der Waals surface area contributed by atoms with Crippen molar-refractivity contribution in [2.24, 2.45) is 0 Å². The van der Waals surface area contributed by atoms with E-state index >= 15 is 0 Å². The molecule has 0 atom stereocenters. The summed E-state index contributed by atoms with van der Waals surface area (Å²) in [6.45, 7) is 2.38. The van der Waals surface area contributed by atoms with Crippen LogP contribution in [0.15, 0.2) is 29.6 Å². The molecule has 6 nitrogen and oxygen atoms in total. The summed E-state index contributed by atoms with van der Waals surface area (Å²) in [5, 5.41) is 22.2. The number of hydrogen-bond donors (Lipinski definition) is 1. The Kier molecular flexibility index (Phi) is 3.62. The third kappa shape index (κ3) is 2.90. The average Bonchev–Trinajstić information content (AvgIpc) is 3.14. The number of nitriles is 1. The van der Waals surface area contributed by atoms with E-state index in [1.165, 1.54) is 0 Å². The molecule has 104 valence electrons. The minimum atomic E-state index is 0.266. The minimum Gasteiger partial charge on any atom is -0.487 e. The van der Waals surface area contributed by atoms with Crippen LogP contribution < -0.4 is 4.74 Å². The van der Waals surface area contributed by atoms with Crippen molar-refractivity contribution in [1.29, 1.82) is 5.26 Å². The molecule has 3 rings (SSSR count). The smallest absolute Gasteiger partial charge is 0.190 e. The molecule has 0 spiro atoms. The highest BCUT2D eigenvalue weighted by Gasteiger charge is 2.10. The standard InChI is InChI=1S/C14H11N5OS/c1-9-16-11(8-21-9)7-20-12-4-2-3-10(5-12)14-13(6-15)17-19-18-14/h2-5,8H,7H2,1H3,(H,17,18,19). The molecule has 0 aliphatic carbocycles. The van der Waals surface area contributed by atoms with Crippen LogP contribution in [-0.2, 0) is 6.61 Å². The fourth-order valence-electron chi connectivity index (χ4n) is 1.88. The molecule has 2 heterocycles. The number of aromatic amines is 1. The summed E-state index contributed by atoms with van der Waals surface area (Å²) in [4.78, 5) is 4.35. The Labute approximate surface area is 125 Å². The topological polar surface area (TPSA) is 87.5 Å². The molecular formula is C14H11N5OS. The average molecular weight is 297 g/mol. The second-order valence-corrected chi connectivity index (χ2v) is 5.37. The molecule has 0 amide bonds. The highest BCUT2D eigenvalue weighted by molar-refractivity contribution is 7.09. The Balaban J connectivity index is 1.79. The summed E-state index contributed by atoms with van der Waals surface area (Å²) < 4.78 is 5.72. The van der Waals surface area contributed by atoms with E-state index in [0.29, 0.717) is 18.1 Å². The van der Waals surface area contributed by atoms with Gasteiger partial charge in [0.15, 0.2) is 5.69 Å². The molecule has 0 radical (unpaired) electrons. The SMILES string of the molecule is Cc1nc(COc2cccc(-c3n[nH]nc3C#N)c2)cs1. The zero-order valence-corrected chi connectivity index (χ0v) is 12.0. The van der Waals surface area contributed by atoms with Crippen molar-refractivity contribution in [2.45, 2.75) is 13.5 Å². The van der Waals surface area contributed by atoms with Gasteiger partial charge >= 0.3 is 0 Å². The number of nitrogens with one attached hydrogen (secondary N) is 1. The first kappa shape index (κ1) is 13.3. The zero-order valence-electron chi connectivity index (χ0n) is 11.2. The van der Waals surface area contributed by atoms with Gasteiger partial charge in [-0.15, -0.1) is 16.4 Å². The van der Waals surface area contributed by atoms with Crippen molar-refractivity contribution in [1.82, 2.24) is 20.4 Å². The van der Waals surface area contributed by atoms with Crippen molar-refractivity contribution in [2.75, 3.05) is 0 Å². The number of thiazole rings is 1. The van der Waals surface area contributed by atoms with Gasteiger partial charge in [0.05, 0.1) is 10.7 Å². The molecule has 0 unspecified atom stereocenters. The first-order valence-corrected chi connectivity index (χ1v) is 7.09. The summed E-state index contributed by atoms with van der Waals surface area (Å²) in [6, 6.07) is 9.40. The molecule has 7 heteroatoms. The third-order valence-corrected chi connectivity index (χ3v) is 3.64. The lowest BCUT2D eigenvalue weighted by molar-refractivity contribution is 0.302. The summed E-state index contributed by atoms with van der Waals surface area (Å²) >= 11 is 1.60. The van der Waals surface area contributed by atoms with E-state index in [1.807, 2.05) is 42.6 Å². The predicted molar refractivity (Wildman–Crippen MR) is 77.7 cm³/mol. The van der Waals surface area contributed by atoms with Crippen LogP contribution in [0.5, 0.6) is 5.75 Å². The molecule has 1 N–H and O–H groups in total. The number of aromatic nitrogens is 4. The Bertz CT molecular complexity index is 802. The van der Waals surface area contributed by atoms with Crippen molar-refractivity contribution in [3.8, 4) is 23.1 Å². The summed E-state index contributed by atoms with van der Waals surface area (Å²) in [7, 11) is 0. The molecule has 3 aromatic rings. The van der Waals surface area contributed by atoms with Crippen molar-refractivity contribution < 1.29 is 4.74 Å². The lowest BCUT2D eigenvalue weighted by atomic mass is 10.1. The highest BCUT2D eigenvalue weighted by atomic mass is 32.1. The molecule has 0 aliphatic rings. The summed E-state index contributed by atoms with van der Waals surface area (Å²) in [5.74, 6) is 0.699. The van der Waals surface area contributed by atoms with Gasteiger partial charge in [0.25, 0.3) is 0 Å². The molecule has 0 aliphatic heterocycles. The normalized spacial score (nSPS) is 10.3. The molecule has 0 fully saturated rings. The second-order valence-electron chi connectivity index (χ2n) is 4.31. The Hall–Kier alpha value is -2.72. The molecule has 21 heavy (non-hydrogen) atoms. The maximum atomic E-state index is 8.98. The van der Waals surface area contributed by atoms with Crippen LogP contribution in [0.4, 0.5) is 0 Å². The maximum absolute atomic E-state index is 8.98. The van der Waals surface area contributed by atoms with Crippen molar-refractivity contribution in [3.05, 3.63) is 46.0 Å². The van der Waals surface area contributed by atoms with Gasteiger partial charge in [-0.1, -0.05) is 12.1 Å². The van der Waals surface area contributed by atoms with Crippen LogP contribution in [0.2, 0.25) is 0 Å². The molecule has 0 bridgehead atoms. The fraction of sp³-hybridized carbons (Fsp3) is 0.143. The predicted octanol–water partition coefficient (Wildman–Crippen LogP) is 2.69. The van der Waals surface area contributed by atoms with Crippen LogP contribution in [0.25, 0.3) is 11.3 Å². The summed E-state index contributed by atoms with van der Waals surface area (Å²) in [5.41, 5.74) is 2.48. The van der Waals surface area contributed by atoms with Gasteiger partial charge in [0.1, 0.15) is 24.1 Å². The second kappa shape index (κ2) is 5.73. The number of aryl methyl sites for hydroxylation is 1. The van der Waals surface area contributed by atoms with E-state index in [2.05, 4.69) is 20.4 Å². The van der Waals surface area contributed by atoms with Crippen LogP contribution >= 0.6 is 11.3 Å². The quantitative estimate of drug-likeness (QED) is 0.800. The first-order chi connectivity index (χ1) is 10.3. The largest absolute Gasteiger partial charge is 0.487 e. The Morgan fingerprint density at radius 3 is 3.05 bits per heavy atom. The lowest BCUT2D eigenvalue weighted by Gasteiger charge is -2.05. The van der Waals surface area contributed by atoms with Gasteiger partial charge in [-0.2, -0.15) is 15.6 Å². The van der Waals surface area contributed by atoms with E-state index in [4.69, 9.17) is 10.00 Å². The molecule has 1 aromatic carbocycles. The minimum absolute atomic E-state index is 0.266. The zero-order chi connectivity index (χ0) is 14.7. The number of rotatable bonds is 4. The van der Waals surface area contributed by atoms with Crippen LogP contribution in [0.3, 0.4) is 0 Å². The maximum Gasteiger partial charge on any atom is 0.190 e. The van der Waals surface area contributed by atoms with E-state index < -0.39 is 0 Å². The molecular weight excluding hydrogens is 286 g/mol. The van der Waals surface area contributed by atoms with Gasteiger partial charge in [0, 0.05) is 10.9 Å². The van der Waals surface area contributed by atoms with E-state index in [-0.39, 0.29) is 5.69 Å². The van der Waals surface area contributed by atoms with Crippen molar-refractivity contribution in [3.63, 3.8) is 0 Å². The van der Waals surface area contributed by atoms with Crippen LogP contribution in [0.1, 0.15) is 16.4 Å². The first-order valence-electron chi connectivity index (χ1n) is 6.21. The van der Waals surface area contributed by atoms with Gasteiger partial charge in [-0.05, 0) is 19.1 Å². The highest BCUT2D eigenvalue weighted by Crippen LogP contribution is 2.24. The summed E-state index contributed by atoms with van der Waals surface area (Å²) in [6.07, 6.45) is 0. The van der Waals surface area contributed by atoms with Gasteiger partial charge in [-0.25, -0.2) is 4.98 Å². The molecule has 0 saturated carbocycles. The molecule has 2 aromatic heterocycles. The van der Waals surface area contributed by atoms with E-state index in [1.54, 1.807) is 11.3 Å². The number of nitrogens with zero attached hydrogens (tertiary/aromatic N) is 4. The Morgan fingerprint density at radius 2 is 2.29 bits per heavy atom. The van der Waals surface area contributed by atoms with Gasteiger partial charge in [0.2, 0.25) is 0 Å². The van der Waals surface area contributed by atoms with Gasteiger partial charge in [-0.3, -0.25) is 0 Å². The van der Waals surface area contributed by atoms with Crippen LogP contribution in [0, 0.1) is 18.3 Å². The molecule has 0 saturated heterocycles. The number of hydrogen-bond acceptors (Lipinski definition) is 6. The number of H-pyrrole nitrogens is 1. The third-order valence-electron chi connectivity index (χ3n) is 2.81. The number of ether oxygens (including phenoxy) is 1. The van der Waals surface area contributed by atoms with Crippen molar-refractivity contribution >= 4 is 11.3 Å². The van der Waals surface area contributed by atoms with Crippen LogP contribution in [-0.4, -0.2) is 20.4 Å². The van der Waals surface area contributed by atoms with E-state index in [0.717, 1.165) is 16.3 Å². The Morgan fingerprint density at radius 1 is 1.38 bits per heavy atom. The van der Waals surface area contributed by atoms with E-state index in [9.17, 15) is 0 Å². The lowest BCUT2D eigenvalue weighted by Crippen LogP contribution is -1.96. The monoisotopic (exact) mass is 297 g/mol. The van der Waals surface area contributed by atoms with Gasteiger partial charge < -0.3 is 4.74 Å². The number of benzene rings is 1.